The summed E-state index contributed by atoms with van der Waals surface area (Å²) in [6.45, 7) is 7.15. The molecule has 0 N–H and O–H groups in total. The lowest BCUT2D eigenvalue weighted by Crippen LogP contribution is -2.48. The molecule has 0 bridgehead atoms. The summed E-state index contributed by atoms with van der Waals surface area (Å²) in [4.78, 5) is 43.6. The van der Waals surface area contributed by atoms with Crippen molar-refractivity contribution < 1.29 is 14.5 Å². The van der Waals surface area contributed by atoms with E-state index in [2.05, 4.69) is 41.8 Å². The monoisotopic (exact) mass is 630 g/mol. The Morgan fingerprint density at radius 2 is 1.56 bits per heavy atom. The Morgan fingerprint density at radius 1 is 0.933 bits per heavy atom. The number of benzene rings is 3. The van der Waals surface area contributed by atoms with E-state index in [1.807, 2.05) is 47.2 Å². The number of halogens is 1. The van der Waals surface area contributed by atoms with E-state index in [9.17, 15) is 19.7 Å². The van der Waals surface area contributed by atoms with Crippen LogP contribution >= 0.6 is 12.4 Å². The third-order valence-corrected chi connectivity index (χ3v) is 9.43. The quantitative estimate of drug-likeness (QED) is 0.140. The molecule has 45 heavy (non-hydrogen) atoms. The van der Waals surface area contributed by atoms with Gasteiger partial charge in [0.2, 0.25) is 5.91 Å². The molecular formula is C36H43ClN4O4. The van der Waals surface area contributed by atoms with Crippen LogP contribution in [0.25, 0.3) is 0 Å². The second-order valence-corrected chi connectivity index (χ2v) is 12.2. The summed E-state index contributed by atoms with van der Waals surface area (Å²) in [5.74, 6) is 0.902. The summed E-state index contributed by atoms with van der Waals surface area (Å²) in [7, 11) is 1.94. The molecule has 0 spiro atoms. The molecule has 1 saturated heterocycles. The van der Waals surface area contributed by atoms with Gasteiger partial charge in [-0.15, -0.1) is 19.0 Å². The standard InChI is InChI=1S/C36H42N4O4.ClH/c1-3-20-39(35(41)23-27-14-16-32(17-15-27)40(43)44)31-18-21-38(22-19-31)26-30-24-33(25-34(30)28-10-6-4-7-11-28)37(2)36(42)29-12-8-5-9-13-29;/h3-17,30-31,33-34H,1,18-26H2,2H3;1H. The molecule has 3 aromatic rings. The summed E-state index contributed by atoms with van der Waals surface area (Å²) in [5, 5.41) is 11.0. The van der Waals surface area contributed by atoms with Gasteiger partial charge in [0.1, 0.15) is 0 Å². The predicted octanol–water partition coefficient (Wildman–Crippen LogP) is 6.37. The molecule has 9 heteroatoms. The average molecular weight is 631 g/mol. The zero-order chi connectivity index (χ0) is 31.1. The van der Waals surface area contributed by atoms with Crippen LogP contribution in [-0.4, -0.2) is 76.7 Å². The number of amides is 2. The van der Waals surface area contributed by atoms with Gasteiger partial charge in [-0.1, -0.05) is 66.7 Å². The number of carbonyl (C=O) groups excluding carboxylic acids is 2. The number of likely N-dealkylation sites (tertiary alicyclic amines) is 1. The van der Waals surface area contributed by atoms with Crippen molar-refractivity contribution in [2.45, 2.75) is 50.1 Å². The first-order valence-corrected chi connectivity index (χ1v) is 15.6. The number of piperidine rings is 1. The Balaban J connectivity index is 0.00000461. The lowest BCUT2D eigenvalue weighted by molar-refractivity contribution is -0.384. The maximum atomic E-state index is 13.3. The molecule has 0 aromatic heterocycles. The summed E-state index contributed by atoms with van der Waals surface area (Å²) in [5.41, 5.74) is 2.85. The van der Waals surface area contributed by atoms with Gasteiger partial charge in [-0.2, -0.15) is 0 Å². The number of nitro benzene ring substituents is 1. The SMILES string of the molecule is C=CCN(C(=O)Cc1ccc([N+](=O)[O-])cc1)C1CCN(CC2CC(N(C)C(=O)c3ccccc3)CC2c2ccccc2)CC1.Cl. The van der Waals surface area contributed by atoms with Crippen LogP contribution in [0.4, 0.5) is 5.69 Å². The smallest absolute Gasteiger partial charge is 0.269 e. The molecule has 2 amide bonds. The number of nitrogens with zero attached hydrogens (tertiary/aromatic N) is 4. The Bertz CT molecular complexity index is 1430. The zero-order valence-corrected chi connectivity index (χ0v) is 26.7. The minimum atomic E-state index is -0.431. The highest BCUT2D eigenvalue weighted by atomic mass is 35.5. The highest BCUT2D eigenvalue weighted by molar-refractivity contribution is 5.94. The van der Waals surface area contributed by atoms with Gasteiger partial charge in [0.15, 0.2) is 0 Å². The molecule has 2 fully saturated rings. The first-order chi connectivity index (χ1) is 21.3. The van der Waals surface area contributed by atoms with Crippen molar-refractivity contribution in [2.24, 2.45) is 5.92 Å². The lowest BCUT2D eigenvalue weighted by Gasteiger charge is -2.39. The van der Waals surface area contributed by atoms with Gasteiger partial charge in [0.05, 0.1) is 11.3 Å². The second kappa shape index (κ2) is 15.8. The maximum Gasteiger partial charge on any atom is 0.269 e. The Hall–Kier alpha value is -4.01. The van der Waals surface area contributed by atoms with Crippen molar-refractivity contribution in [3.63, 3.8) is 0 Å². The molecule has 3 atom stereocenters. The second-order valence-electron chi connectivity index (χ2n) is 12.2. The summed E-state index contributed by atoms with van der Waals surface area (Å²) >= 11 is 0. The van der Waals surface area contributed by atoms with Crippen molar-refractivity contribution in [1.82, 2.24) is 14.7 Å². The molecule has 2 aliphatic rings. The molecule has 1 aliphatic carbocycles. The van der Waals surface area contributed by atoms with E-state index >= 15 is 0 Å². The molecule has 3 unspecified atom stereocenters. The number of nitro groups is 1. The van der Waals surface area contributed by atoms with E-state index in [-0.39, 0.29) is 48.4 Å². The van der Waals surface area contributed by atoms with E-state index < -0.39 is 4.92 Å². The highest BCUT2D eigenvalue weighted by Gasteiger charge is 2.40. The number of rotatable bonds is 11. The maximum absolute atomic E-state index is 13.3. The fraction of sp³-hybridized carbons (Fsp3) is 0.389. The summed E-state index contributed by atoms with van der Waals surface area (Å²) < 4.78 is 0. The molecule has 8 nitrogen and oxygen atoms in total. The van der Waals surface area contributed by atoms with Crippen LogP contribution in [-0.2, 0) is 11.2 Å². The van der Waals surface area contributed by atoms with Crippen LogP contribution < -0.4 is 0 Å². The number of hydrogen-bond donors (Lipinski definition) is 0. The molecule has 1 heterocycles. The zero-order valence-electron chi connectivity index (χ0n) is 25.9. The van der Waals surface area contributed by atoms with Gasteiger partial charge in [-0.3, -0.25) is 19.7 Å². The van der Waals surface area contributed by atoms with Crippen molar-refractivity contribution in [2.75, 3.05) is 33.2 Å². The third-order valence-electron chi connectivity index (χ3n) is 9.43. The fourth-order valence-corrected chi connectivity index (χ4v) is 7.02. The van der Waals surface area contributed by atoms with Gasteiger partial charge >= 0.3 is 0 Å². The molecule has 1 aliphatic heterocycles. The first-order valence-electron chi connectivity index (χ1n) is 15.6. The van der Waals surface area contributed by atoms with Gasteiger partial charge in [0.25, 0.3) is 11.6 Å². The summed E-state index contributed by atoms with van der Waals surface area (Å²) in [6.07, 6.45) is 5.67. The fourth-order valence-electron chi connectivity index (χ4n) is 7.02. The molecule has 1 saturated carbocycles. The predicted molar refractivity (Wildman–Crippen MR) is 180 cm³/mol. The topological polar surface area (TPSA) is 87.0 Å². The van der Waals surface area contributed by atoms with Gasteiger partial charge < -0.3 is 14.7 Å². The van der Waals surface area contributed by atoms with Crippen molar-refractivity contribution in [3.8, 4) is 0 Å². The molecule has 3 aromatic carbocycles. The van der Waals surface area contributed by atoms with Crippen molar-refractivity contribution in [3.05, 3.63) is 124 Å². The van der Waals surface area contributed by atoms with E-state index in [0.717, 1.165) is 56.4 Å². The van der Waals surface area contributed by atoms with E-state index in [4.69, 9.17) is 0 Å². The van der Waals surface area contributed by atoms with Crippen LogP contribution in [0.2, 0.25) is 0 Å². The lowest BCUT2D eigenvalue weighted by atomic mass is 9.88. The Labute approximate surface area is 272 Å². The third kappa shape index (κ3) is 8.38. The van der Waals surface area contributed by atoms with E-state index in [1.165, 1.54) is 17.7 Å². The van der Waals surface area contributed by atoms with E-state index in [1.54, 1.807) is 18.2 Å². The molecular weight excluding hydrogens is 588 g/mol. The Kier molecular flexibility index (Phi) is 11.9. The Morgan fingerprint density at radius 3 is 2.16 bits per heavy atom. The molecule has 238 valence electrons. The van der Waals surface area contributed by atoms with Crippen LogP contribution in [0.15, 0.2) is 97.6 Å². The van der Waals surface area contributed by atoms with Crippen molar-refractivity contribution in [1.29, 1.82) is 0 Å². The normalized spacial score (nSPS) is 20.2. The molecule has 0 radical (unpaired) electrons. The van der Waals surface area contributed by atoms with Crippen molar-refractivity contribution >= 4 is 29.9 Å². The number of non-ortho nitro benzene ring substituents is 1. The number of hydrogen-bond acceptors (Lipinski definition) is 5. The van der Waals surface area contributed by atoms with E-state index in [0.29, 0.717) is 18.4 Å². The minimum Gasteiger partial charge on any atom is -0.339 e. The molecule has 5 rings (SSSR count). The number of carbonyl (C=O) groups is 2. The van der Waals surface area contributed by atoms with Crippen LogP contribution in [0.1, 0.15) is 53.1 Å². The van der Waals surface area contributed by atoms with Gasteiger partial charge in [0, 0.05) is 63.0 Å². The highest BCUT2D eigenvalue weighted by Crippen LogP contribution is 2.42. The van der Waals surface area contributed by atoms with Crippen LogP contribution in [0, 0.1) is 16.0 Å². The summed E-state index contributed by atoms with van der Waals surface area (Å²) in [6, 6.07) is 26.7. The first kappa shape index (κ1) is 33.9. The van der Waals surface area contributed by atoms with Gasteiger partial charge in [-0.25, -0.2) is 0 Å². The minimum absolute atomic E-state index is 0. The van der Waals surface area contributed by atoms with Crippen LogP contribution in [0.3, 0.4) is 0 Å². The largest absolute Gasteiger partial charge is 0.339 e. The average Bonchev–Trinajstić information content (AvgIpc) is 3.48. The van der Waals surface area contributed by atoms with Crippen LogP contribution in [0.5, 0.6) is 0 Å². The van der Waals surface area contributed by atoms with Gasteiger partial charge in [-0.05, 0) is 60.8 Å².